The van der Waals surface area contributed by atoms with E-state index in [1.165, 1.54) is 35.7 Å². The summed E-state index contributed by atoms with van der Waals surface area (Å²) < 4.78 is 45.3. The highest BCUT2D eigenvalue weighted by Gasteiger charge is 2.26. The van der Waals surface area contributed by atoms with Crippen molar-refractivity contribution in [3.8, 4) is 17.6 Å². The van der Waals surface area contributed by atoms with Gasteiger partial charge in [-0.1, -0.05) is 12.5 Å². The summed E-state index contributed by atoms with van der Waals surface area (Å²) in [5.41, 5.74) is 1.22. The van der Waals surface area contributed by atoms with Crippen LogP contribution in [0.5, 0.6) is 11.5 Å². The zero-order chi connectivity index (χ0) is 28.1. The predicted molar refractivity (Wildman–Crippen MR) is 145 cm³/mol. The number of esters is 1. The number of rotatable bonds is 7. The molecule has 5 rings (SSSR count). The average molecular weight is 564 g/mol. The lowest BCUT2D eigenvalue weighted by Gasteiger charge is -2.26. The summed E-state index contributed by atoms with van der Waals surface area (Å²) in [5, 5.41) is 18.4. The number of nitriles is 1. The molecular formula is C28H29N5O6S. The van der Waals surface area contributed by atoms with Crippen LogP contribution in [0.15, 0.2) is 47.4 Å². The zero-order valence-electron chi connectivity index (χ0n) is 22.1. The number of benzene rings is 2. The van der Waals surface area contributed by atoms with Gasteiger partial charge >= 0.3 is 5.97 Å². The van der Waals surface area contributed by atoms with Gasteiger partial charge in [-0.2, -0.15) is 9.57 Å². The van der Waals surface area contributed by atoms with E-state index in [-0.39, 0.29) is 29.3 Å². The number of hydrogen-bond acceptors (Lipinski definition) is 9. The number of allylic oxidation sites excluding steroid dienone is 1. The minimum Gasteiger partial charge on any atom is -0.493 e. The first-order valence-corrected chi connectivity index (χ1v) is 14.5. The van der Waals surface area contributed by atoms with Crippen molar-refractivity contribution in [1.82, 2.24) is 19.1 Å². The highest BCUT2D eigenvalue weighted by atomic mass is 32.2. The summed E-state index contributed by atoms with van der Waals surface area (Å²) in [6.45, 7) is 2.04. The van der Waals surface area contributed by atoms with E-state index in [1.54, 1.807) is 24.3 Å². The molecule has 1 aromatic heterocycles. The molecule has 40 heavy (non-hydrogen) atoms. The second kappa shape index (κ2) is 12.0. The van der Waals surface area contributed by atoms with Crippen LogP contribution in [0.25, 0.3) is 11.6 Å². The molecule has 0 bridgehead atoms. The third kappa shape index (κ3) is 5.77. The van der Waals surface area contributed by atoms with Crippen LogP contribution >= 0.6 is 0 Å². The van der Waals surface area contributed by atoms with Gasteiger partial charge in [-0.3, -0.25) is 0 Å². The molecule has 0 unspecified atom stereocenters. The molecule has 0 atom stereocenters. The maximum absolute atomic E-state index is 12.8. The van der Waals surface area contributed by atoms with Crippen LogP contribution in [0.2, 0.25) is 0 Å². The first-order chi connectivity index (χ1) is 19.4. The van der Waals surface area contributed by atoms with Crippen molar-refractivity contribution in [3.63, 3.8) is 0 Å². The van der Waals surface area contributed by atoms with Gasteiger partial charge in [0.15, 0.2) is 17.3 Å². The standard InChI is InChI=1S/C28H29N5O6S/c1-37-25-18-20(17-22(19-29)27-31-30-26-5-3-2-4-12-33(26)27)6-11-24(25)39-28(34)21-7-9-23(10-8-21)40(35,36)32-13-15-38-16-14-32/h6-11,17-18H,2-5,12-16H2,1H3/b22-17+. The van der Waals surface area contributed by atoms with Crippen LogP contribution in [0, 0.1) is 11.3 Å². The zero-order valence-corrected chi connectivity index (χ0v) is 22.9. The number of nitrogens with zero attached hydrogens (tertiary/aromatic N) is 5. The summed E-state index contributed by atoms with van der Waals surface area (Å²) in [6, 6.07) is 12.8. The Morgan fingerprint density at radius 2 is 1.80 bits per heavy atom. The number of fused-ring (bicyclic) bond motifs is 1. The van der Waals surface area contributed by atoms with E-state index in [2.05, 4.69) is 16.3 Å². The van der Waals surface area contributed by atoms with E-state index < -0.39 is 16.0 Å². The molecule has 1 saturated heterocycles. The van der Waals surface area contributed by atoms with Crippen LogP contribution in [0.1, 0.15) is 46.8 Å². The number of carbonyl (C=O) groups is 1. The SMILES string of the molecule is COc1cc(/C=C(\C#N)c2nnc3n2CCCCC3)ccc1OC(=O)c1ccc(S(=O)(=O)N2CCOCC2)cc1. The third-order valence-electron chi connectivity index (χ3n) is 6.87. The van der Waals surface area contributed by atoms with Crippen LogP contribution in [-0.2, 0) is 27.7 Å². The van der Waals surface area contributed by atoms with Gasteiger partial charge in [-0.15, -0.1) is 10.2 Å². The number of methoxy groups -OCH3 is 1. The van der Waals surface area contributed by atoms with E-state index in [9.17, 15) is 18.5 Å². The van der Waals surface area contributed by atoms with E-state index in [4.69, 9.17) is 14.2 Å². The van der Waals surface area contributed by atoms with Crippen LogP contribution in [-0.4, -0.2) is 66.9 Å². The number of sulfonamides is 1. The van der Waals surface area contributed by atoms with Crippen molar-refractivity contribution < 1.29 is 27.4 Å². The predicted octanol–water partition coefficient (Wildman–Crippen LogP) is 3.32. The van der Waals surface area contributed by atoms with Gasteiger partial charge in [0, 0.05) is 26.1 Å². The fourth-order valence-corrected chi connectivity index (χ4v) is 6.12. The lowest BCUT2D eigenvalue weighted by molar-refractivity contribution is 0.0729. The molecule has 2 aliphatic heterocycles. The van der Waals surface area contributed by atoms with Crippen LogP contribution < -0.4 is 9.47 Å². The Bertz CT molecular complexity index is 1570. The molecule has 0 amide bonds. The Hall–Kier alpha value is -4.05. The quantitative estimate of drug-likeness (QED) is 0.241. The molecule has 0 N–H and O–H groups in total. The topological polar surface area (TPSA) is 137 Å². The first kappa shape index (κ1) is 27.5. The lowest BCUT2D eigenvalue weighted by Crippen LogP contribution is -2.40. The van der Waals surface area contributed by atoms with Gasteiger partial charge < -0.3 is 18.8 Å². The third-order valence-corrected chi connectivity index (χ3v) is 8.78. The van der Waals surface area contributed by atoms with E-state index in [1.807, 2.05) is 4.57 Å². The fraction of sp³-hybridized carbons (Fsp3) is 0.357. The lowest BCUT2D eigenvalue weighted by atomic mass is 10.1. The highest BCUT2D eigenvalue weighted by Crippen LogP contribution is 2.31. The van der Waals surface area contributed by atoms with Gasteiger partial charge in [-0.05, 0) is 60.9 Å². The molecule has 1 fully saturated rings. The van der Waals surface area contributed by atoms with Crippen molar-refractivity contribution in [3.05, 3.63) is 65.2 Å². The van der Waals surface area contributed by atoms with Gasteiger partial charge in [0.05, 0.1) is 36.4 Å². The van der Waals surface area contributed by atoms with Gasteiger partial charge in [0.2, 0.25) is 10.0 Å². The molecule has 0 spiro atoms. The monoisotopic (exact) mass is 563 g/mol. The number of aromatic nitrogens is 3. The Balaban J connectivity index is 1.32. The Morgan fingerprint density at radius 1 is 1.02 bits per heavy atom. The largest absolute Gasteiger partial charge is 0.493 e. The number of aryl methyl sites for hydroxylation is 1. The van der Waals surface area contributed by atoms with E-state index in [0.29, 0.717) is 35.9 Å². The summed E-state index contributed by atoms with van der Waals surface area (Å²) >= 11 is 0. The summed E-state index contributed by atoms with van der Waals surface area (Å²) in [7, 11) is -2.22. The molecule has 208 valence electrons. The molecule has 0 saturated carbocycles. The Morgan fingerprint density at radius 3 is 2.52 bits per heavy atom. The summed E-state index contributed by atoms with van der Waals surface area (Å²) in [6.07, 6.45) is 5.72. The van der Waals surface area contributed by atoms with Gasteiger partial charge in [-0.25, -0.2) is 13.2 Å². The minimum atomic E-state index is -3.67. The summed E-state index contributed by atoms with van der Waals surface area (Å²) in [4.78, 5) is 12.9. The highest BCUT2D eigenvalue weighted by molar-refractivity contribution is 7.89. The van der Waals surface area contributed by atoms with Gasteiger partial charge in [0.1, 0.15) is 11.9 Å². The van der Waals surface area contributed by atoms with Gasteiger partial charge in [0.25, 0.3) is 0 Å². The Labute approximate surface area is 232 Å². The Kier molecular flexibility index (Phi) is 8.25. The second-order valence-corrected chi connectivity index (χ2v) is 11.4. The van der Waals surface area contributed by atoms with Crippen LogP contribution in [0.4, 0.5) is 0 Å². The van der Waals surface area contributed by atoms with E-state index >= 15 is 0 Å². The number of hydrogen-bond donors (Lipinski definition) is 0. The van der Waals surface area contributed by atoms with Crippen molar-refractivity contribution in [1.29, 1.82) is 5.26 Å². The minimum absolute atomic E-state index is 0.0949. The molecule has 3 heterocycles. The van der Waals surface area contributed by atoms with Crippen molar-refractivity contribution in [2.24, 2.45) is 0 Å². The molecule has 0 radical (unpaired) electrons. The number of ether oxygens (including phenoxy) is 3. The van der Waals surface area contributed by atoms with E-state index in [0.717, 1.165) is 38.1 Å². The number of morpholine rings is 1. The number of carbonyl (C=O) groups excluding carboxylic acids is 1. The second-order valence-electron chi connectivity index (χ2n) is 9.41. The smallest absolute Gasteiger partial charge is 0.343 e. The molecule has 2 aromatic carbocycles. The van der Waals surface area contributed by atoms with Crippen molar-refractivity contribution in [2.75, 3.05) is 33.4 Å². The van der Waals surface area contributed by atoms with Crippen molar-refractivity contribution >= 4 is 27.6 Å². The molecule has 12 heteroatoms. The first-order valence-electron chi connectivity index (χ1n) is 13.0. The maximum Gasteiger partial charge on any atom is 0.343 e. The molecule has 2 aliphatic rings. The molecule has 3 aromatic rings. The molecular weight excluding hydrogens is 534 g/mol. The van der Waals surface area contributed by atoms with Crippen molar-refractivity contribution in [2.45, 2.75) is 37.1 Å². The van der Waals surface area contributed by atoms with Crippen LogP contribution in [0.3, 0.4) is 0 Å². The molecule has 0 aliphatic carbocycles. The molecule has 11 nitrogen and oxygen atoms in total. The summed E-state index contributed by atoms with van der Waals surface area (Å²) in [5.74, 6) is 1.24. The average Bonchev–Trinajstić information content (AvgIpc) is 3.24. The normalized spacial score (nSPS) is 16.4. The maximum atomic E-state index is 12.8. The fourth-order valence-electron chi connectivity index (χ4n) is 4.71.